The molecule has 0 unspecified atom stereocenters. The van der Waals surface area contributed by atoms with Crippen molar-refractivity contribution in [3.05, 3.63) is 16.1 Å². The average Bonchev–Trinajstić information content (AvgIpc) is 2.64. The highest BCUT2D eigenvalue weighted by atomic mass is 35.5. The van der Waals surface area contributed by atoms with E-state index in [-0.39, 0.29) is 17.8 Å². The lowest BCUT2D eigenvalue weighted by Gasteiger charge is -2.28. The Bertz CT molecular complexity index is 393. The summed E-state index contributed by atoms with van der Waals surface area (Å²) in [7, 11) is 1.85. The largest absolute Gasteiger partial charge is 0.427 e. The number of aromatic nitrogens is 1. The van der Waals surface area contributed by atoms with Crippen molar-refractivity contribution in [2.45, 2.75) is 26.6 Å². The standard InChI is InChI=1S/C11H18F3N3S.ClH/c1-10(2,6-15)7-17(3)5-9-16-4-8(18-9)11(12,13)14;/h4H,5-7,15H2,1-3H3;1H. The SMILES string of the molecule is CN(Cc1ncc(C(F)(F)F)s1)CC(C)(C)CN.Cl. The van der Waals surface area contributed by atoms with Gasteiger partial charge in [-0.05, 0) is 19.0 Å². The second-order valence-electron chi connectivity index (χ2n) is 5.16. The number of alkyl halides is 3. The van der Waals surface area contributed by atoms with Gasteiger partial charge in [0, 0.05) is 6.54 Å². The molecule has 0 aliphatic carbocycles. The van der Waals surface area contributed by atoms with Gasteiger partial charge in [0.2, 0.25) is 0 Å². The van der Waals surface area contributed by atoms with Gasteiger partial charge in [-0.25, -0.2) is 4.98 Å². The fourth-order valence-corrected chi connectivity index (χ4v) is 2.46. The van der Waals surface area contributed by atoms with E-state index in [1.807, 2.05) is 25.8 Å². The van der Waals surface area contributed by atoms with E-state index in [1.54, 1.807) is 0 Å². The van der Waals surface area contributed by atoms with Crippen LogP contribution in [0.15, 0.2) is 6.20 Å². The topological polar surface area (TPSA) is 42.2 Å². The summed E-state index contributed by atoms with van der Waals surface area (Å²) in [5, 5.41) is 0.470. The Hall–Kier alpha value is -0.370. The van der Waals surface area contributed by atoms with Gasteiger partial charge in [-0.1, -0.05) is 13.8 Å². The zero-order chi connectivity index (χ0) is 14.0. The molecule has 112 valence electrons. The normalized spacial score (nSPS) is 12.6. The Morgan fingerprint density at radius 3 is 2.37 bits per heavy atom. The van der Waals surface area contributed by atoms with Crippen LogP contribution < -0.4 is 5.73 Å². The highest BCUT2D eigenvalue weighted by Crippen LogP contribution is 2.33. The van der Waals surface area contributed by atoms with Crippen LogP contribution >= 0.6 is 23.7 Å². The van der Waals surface area contributed by atoms with Crippen molar-refractivity contribution < 1.29 is 13.2 Å². The summed E-state index contributed by atoms with van der Waals surface area (Å²) >= 11 is 0.693. The summed E-state index contributed by atoms with van der Waals surface area (Å²) in [6, 6.07) is 0. The minimum atomic E-state index is -4.30. The predicted octanol–water partition coefficient (Wildman–Crippen LogP) is 3.00. The van der Waals surface area contributed by atoms with Crippen molar-refractivity contribution in [3.8, 4) is 0 Å². The maximum Gasteiger partial charge on any atom is 0.427 e. The molecule has 0 aliphatic rings. The van der Waals surface area contributed by atoms with Crippen LogP contribution in [0.25, 0.3) is 0 Å². The fourth-order valence-electron chi connectivity index (χ4n) is 1.60. The van der Waals surface area contributed by atoms with Crippen LogP contribution in [0.2, 0.25) is 0 Å². The first-order valence-corrected chi connectivity index (χ1v) is 6.36. The highest BCUT2D eigenvalue weighted by Gasteiger charge is 2.33. The van der Waals surface area contributed by atoms with Crippen LogP contribution in [0.3, 0.4) is 0 Å². The van der Waals surface area contributed by atoms with Gasteiger partial charge >= 0.3 is 6.18 Å². The summed E-state index contributed by atoms with van der Waals surface area (Å²) in [6.07, 6.45) is -3.41. The molecule has 1 rings (SSSR count). The number of halogens is 4. The molecule has 0 spiro atoms. The summed E-state index contributed by atoms with van der Waals surface area (Å²) in [6.45, 7) is 5.69. The van der Waals surface area contributed by atoms with E-state index in [2.05, 4.69) is 4.98 Å². The first kappa shape index (κ1) is 18.6. The van der Waals surface area contributed by atoms with Crippen LogP contribution in [-0.4, -0.2) is 30.0 Å². The number of nitrogens with zero attached hydrogens (tertiary/aromatic N) is 2. The molecule has 1 aromatic heterocycles. The molecule has 0 radical (unpaired) electrons. The Balaban J connectivity index is 0.00000324. The summed E-state index contributed by atoms with van der Waals surface area (Å²) in [4.78, 5) is 5.09. The molecule has 2 N–H and O–H groups in total. The van der Waals surface area contributed by atoms with Gasteiger partial charge in [0.25, 0.3) is 0 Å². The van der Waals surface area contributed by atoms with Gasteiger partial charge < -0.3 is 5.73 Å². The number of hydrogen-bond donors (Lipinski definition) is 1. The molecular formula is C11H19ClF3N3S. The number of rotatable bonds is 5. The maximum atomic E-state index is 12.4. The van der Waals surface area contributed by atoms with E-state index in [0.717, 1.165) is 6.20 Å². The molecule has 1 aromatic rings. The lowest BCUT2D eigenvalue weighted by atomic mass is 9.93. The van der Waals surface area contributed by atoms with Gasteiger partial charge in [-0.2, -0.15) is 13.2 Å². The average molecular weight is 318 g/mol. The number of hydrogen-bond acceptors (Lipinski definition) is 4. The van der Waals surface area contributed by atoms with E-state index in [9.17, 15) is 13.2 Å². The van der Waals surface area contributed by atoms with E-state index in [0.29, 0.717) is 36.0 Å². The number of thiazole rings is 1. The Labute approximate surface area is 121 Å². The zero-order valence-electron chi connectivity index (χ0n) is 11.1. The minimum absolute atomic E-state index is 0. The molecule has 8 heteroatoms. The third-order valence-corrected chi connectivity index (χ3v) is 3.52. The lowest BCUT2D eigenvalue weighted by Crippen LogP contribution is -2.36. The fraction of sp³-hybridized carbons (Fsp3) is 0.727. The molecular weight excluding hydrogens is 299 g/mol. The minimum Gasteiger partial charge on any atom is -0.330 e. The summed E-state index contributed by atoms with van der Waals surface area (Å²) < 4.78 is 37.2. The molecule has 0 bridgehead atoms. The van der Waals surface area contributed by atoms with Crippen LogP contribution in [0.4, 0.5) is 13.2 Å². The molecule has 0 fully saturated rings. The van der Waals surface area contributed by atoms with E-state index >= 15 is 0 Å². The van der Waals surface area contributed by atoms with Crippen molar-refractivity contribution in [2.24, 2.45) is 11.1 Å². The smallest absolute Gasteiger partial charge is 0.330 e. The molecule has 0 atom stereocenters. The van der Waals surface area contributed by atoms with Crippen LogP contribution in [0.5, 0.6) is 0 Å². The Kier molecular flexibility index (Phi) is 6.74. The van der Waals surface area contributed by atoms with Crippen LogP contribution in [-0.2, 0) is 12.7 Å². The molecule has 0 aromatic carbocycles. The second kappa shape index (κ2) is 6.88. The Morgan fingerprint density at radius 1 is 1.37 bits per heavy atom. The molecule has 1 heterocycles. The van der Waals surface area contributed by atoms with Crippen molar-refractivity contribution in [1.29, 1.82) is 0 Å². The zero-order valence-corrected chi connectivity index (χ0v) is 12.8. The second-order valence-corrected chi connectivity index (χ2v) is 6.27. The van der Waals surface area contributed by atoms with Crippen LogP contribution in [0.1, 0.15) is 23.7 Å². The molecule has 19 heavy (non-hydrogen) atoms. The summed E-state index contributed by atoms with van der Waals surface area (Å²) in [5.41, 5.74) is 5.56. The first-order chi connectivity index (χ1) is 8.14. The third kappa shape index (κ3) is 6.07. The van der Waals surface area contributed by atoms with Gasteiger partial charge in [-0.3, -0.25) is 4.90 Å². The quantitative estimate of drug-likeness (QED) is 0.907. The van der Waals surface area contributed by atoms with Gasteiger partial charge in [0.1, 0.15) is 9.88 Å². The number of nitrogens with two attached hydrogens (primary N) is 1. The van der Waals surface area contributed by atoms with Crippen LogP contribution in [0, 0.1) is 5.41 Å². The van der Waals surface area contributed by atoms with E-state index < -0.39 is 11.1 Å². The molecule has 0 aliphatic heterocycles. The van der Waals surface area contributed by atoms with Gasteiger partial charge in [0.05, 0.1) is 12.7 Å². The van der Waals surface area contributed by atoms with Gasteiger partial charge in [-0.15, -0.1) is 23.7 Å². The highest BCUT2D eigenvalue weighted by molar-refractivity contribution is 7.11. The van der Waals surface area contributed by atoms with Crippen molar-refractivity contribution in [1.82, 2.24) is 9.88 Å². The molecule has 0 saturated carbocycles. The molecule has 0 amide bonds. The first-order valence-electron chi connectivity index (χ1n) is 5.54. The predicted molar refractivity (Wildman–Crippen MR) is 73.5 cm³/mol. The molecule has 0 saturated heterocycles. The van der Waals surface area contributed by atoms with E-state index in [4.69, 9.17) is 5.73 Å². The molecule has 3 nitrogen and oxygen atoms in total. The van der Waals surface area contributed by atoms with Crippen molar-refractivity contribution in [3.63, 3.8) is 0 Å². The lowest BCUT2D eigenvalue weighted by molar-refractivity contribution is -0.134. The monoisotopic (exact) mass is 317 g/mol. The summed E-state index contributed by atoms with van der Waals surface area (Å²) in [5.74, 6) is 0. The van der Waals surface area contributed by atoms with E-state index in [1.165, 1.54) is 0 Å². The Morgan fingerprint density at radius 2 is 1.95 bits per heavy atom. The van der Waals surface area contributed by atoms with Gasteiger partial charge in [0.15, 0.2) is 0 Å². The third-order valence-electron chi connectivity index (χ3n) is 2.49. The van der Waals surface area contributed by atoms with Crippen molar-refractivity contribution >= 4 is 23.7 Å². The maximum absolute atomic E-state index is 12.4. The van der Waals surface area contributed by atoms with Crippen molar-refractivity contribution in [2.75, 3.05) is 20.1 Å².